The van der Waals surface area contributed by atoms with E-state index in [2.05, 4.69) is 10.5 Å². The van der Waals surface area contributed by atoms with Crippen molar-refractivity contribution in [1.82, 2.24) is 5.32 Å². The molecule has 0 aromatic heterocycles. The number of alkyl halides is 3. The van der Waals surface area contributed by atoms with Gasteiger partial charge in [-0.05, 0) is 54.8 Å². The number of aryl methyl sites for hydroxylation is 1. The van der Waals surface area contributed by atoms with Gasteiger partial charge in [-0.3, -0.25) is 4.79 Å². The van der Waals surface area contributed by atoms with Crippen LogP contribution in [0.3, 0.4) is 0 Å². The normalized spacial score (nSPS) is 23.1. The van der Waals surface area contributed by atoms with Crippen molar-refractivity contribution in [2.45, 2.75) is 37.6 Å². The first kappa shape index (κ1) is 22.9. The number of nitrogens with zero attached hydrogens (tertiary/aromatic N) is 1. The largest absolute Gasteiger partial charge is 0.435 e. The summed E-state index contributed by atoms with van der Waals surface area (Å²) in [5.74, 6) is -0.257. The van der Waals surface area contributed by atoms with Crippen LogP contribution in [0.15, 0.2) is 41.6 Å². The molecule has 0 bridgehead atoms. The van der Waals surface area contributed by atoms with Gasteiger partial charge in [-0.15, -0.1) is 0 Å². The third-order valence-corrected chi connectivity index (χ3v) is 6.02. The highest BCUT2D eigenvalue weighted by Crippen LogP contribution is 2.49. The topological polar surface area (TPSA) is 59.9 Å². The summed E-state index contributed by atoms with van der Waals surface area (Å²) < 4.78 is 47.7. The Balaban J connectivity index is 1.59. The Kier molecular flexibility index (Phi) is 6.13. The van der Waals surface area contributed by atoms with Crippen molar-refractivity contribution in [1.29, 1.82) is 0 Å². The van der Waals surface area contributed by atoms with Crippen LogP contribution in [-0.2, 0) is 15.2 Å². The second-order valence-corrected chi connectivity index (χ2v) is 8.73. The van der Waals surface area contributed by atoms with Crippen molar-refractivity contribution in [2.75, 3.05) is 13.2 Å². The molecule has 2 heterocycles. The van der Waals surface area contributed by atoms with Crippen molar-refractivity contribution in [3.8, 4) is 0 Å². The lowest BCUT2D eigenvalue weighted by molar-refractivity contribution is -0.275. The number of hydrogen-bond acceptors (Lipinski definition) is 4. The van der Waals surface area contributed by atoms with Crippen molar-refractivity contribution in [3.05, 3.63) is 68.7 Å². The van der Waals surface area contributed by atoms with E-state index in [1.54, 1.807) is 25.1 Å². The van der Waals surface area contributed by atoms with E-state index in [0.29, 0.717) is 29.9 Å². The summed E-state index contributed by atoms with van der Waals surface area (Å²) in [6.07, 6.45) is -4.59. The molecule has 170 valence electrons. The highest BCUT2D eigenvalue weighted by molar-refractivity contribution is 6.34. The Morgan fingerprint density at radius 3 is 2.50 bits per heavy atom. The van der Waals surface area contributed by atoms with Crippen molar-refractivity contribution in [2.24, 2.45) is 5.16 Å². The van der Waals surface area contributed by atoms with Crippen LogP contribution in [0.5, 0.6) is 0 Å². The number of rotatable bonds is 4. The number of hydrogen-bond donors (Lipinski definition) is 1. The average molecular weight is 487 g/mol. The van der Waals surface area contributed by atoms with E-state index >= 15 is 0 Å². The molecule has 0 radical (unpaired) electrons. The van der Waals surface area contributed by atoms with Gasteiger partial charge in [0.2, 0.25) is 0 Å². The fourth-order valence-corrected chi connectivity index (χ4v) is 4.38. The van der Waals surface area contributed by atoms with E-state index in [4.69, 9.17) is 32.8 Å². The lowest BCUT2D eigenvalue weighted by Gasteiger charge is -2.29. The number of carbonyl (C=O) groups excluding carboxylic acids is 1. The fourth-order valence-electron chi connectivity index (χ4n) is 3.85. The zero-order valence-corrected chi connectivity index (χ0v) is 18.4. The van der Waals surface area contributed by atoms with Crippen molar-refractivity contribution < 1.29 is 27.5 Å². The predicted molar refractivity (Wildman–Crippen MR) is 114 cm³/mol. The molecule has 2 aliphatic rings. The molecule has 5 nitrogen and oxygen atoms in total. The van der Waals surface area contributed by atoms with Crippen LogP contribution in [0.2, 0.25) is 10.0 Å². The Hall–Kier alpha value is -2.29. The van der Waals surface area contributed by atoms with E-state index in [1.165, 1.54) is 18.2 Å². The van der Waals surface area contributed by atoms with Gasteiger partial charge in [0.25, 0.3) is 11.5 Å². The van der Waals surface area contributed by atoms with Gasteiger partial charge < -0.3 is 14.9 Å². The molecular weight excluding hydrogens is 468 g/mol. The molecule has 32 heavy (non-hydrogen) atoms. The molecule has 1 saturated heterocycles. The Bertz CT molecular complexity index is 1060. The minimum Gasteiger partial charge on any atom is -0.379 e. The van der Waals surface area contributed by atoms with Crippen LogP contribution in [0.4, 0.5) is 13.2 Å². The molecule has 10 heteroatoms. The maximum atomic E-state index is 14.1. The van der Waals surface area contributed by atoms with Crippen LogP contribution in [0.1, 0.15) is 39.9 Å². The van der Waals surface area contributed by atoms with E-state index in [1.807, 2.05) is 0 Å². The van der Waals surface area contributed by atoms with Gasteiger partial charge in [0.1, 0.15) is 0 Å². The van der Waals surface area contributed by atoms with Gasteiger partial charge in [0.15, 0.2) is 0 Å². The molecule has 2 aromatic carbocycles. The Morgan fingerprint density at radius 2 is 1.91 bits per heavy atom. The summed E-state index contributed by atoms with van der Waals surface area (Å²) in [6.45, 7) is 2.78. The van der Waals surface area contributed by atoms with Gasteiger partial charge in [-0.1, -0.05) is 34.4 Å². The molecule has 2 aromatic rings. The van der Waals surface area contributed by atoms with Crippen LogP contribution in [0.25, 0.3) is 0 Å². The molecule has 4 rings (SSSR count). The number of nitrogens with one attached hydrogen (secondary N) is 1. The minimum absolute atomic E-state index is 0.0499. The van der Waals surface area contributed by atoms with Crippen molar-refractivity contribution >= 4 is 34.8 Å². The maximum Gasteiger partial charge on any atom is 0.435 e. The average Bonchev–Trinajstić information content (AvgIpc) is 3.37. The van der Waals surface area contributed by atoms with E-state index in [9.17, 15) is 18.0 Å². The molecule has 1 amide bonds. The number of benzene rings is 2. The minimum atomic E-state index is -4.77. The molecule has 0 spiro atoms. The monoisotopic (exact) mass is 486 g/mol. The van der Waals surface area contributed by atoms with Crippen LogP contribution in [0, 0.1) is 6.92 Å². The SMILES string of the molecule is Cc1cc(C2=NOC(c3cc(Cl)cc(Cl)c3)(C(F)(F)F)C2)ccc1C(=O)N[C@@H]1CCOC1. The second kappa shape index (κ2) is 8.57. The number of oxime groups is 1. The van der Waals surface area contributed by atoms with E-state index in [0.717, 1.165) is 6.42 Å². The summed E-state index contributed by atoms with van der Waals surface area (Å²) in [5, 5.41) is 6.78. The lowest BCUT2D eigenvalue weighted by atomic mass is 9.86. The molecule has 1 fully saturated rings. The zero-order chi connectivity index (χ0) is 23.1. The fraction of sp³-hybridized carbons (Fsp3) is 0.364. The summed E-state index contributed by atoms with van der Waals surface area (Å²) in [7, 11) is 0. The summed E-state index contributed by atoms with van der Waals surface area (Å²) in [5.41, 5.74) is -1.35. The third kappa shape index (κ3) is 4.31. The highest BCUT2D eigenvalue weighted by Gasteiger charge is 2.62. The van der Waals surface area contributed by atoms with Gasteiger partial charge in [0.05, 0.1) is 18.4 Å². The maximum absolute atomic E-state index is 14.1. The highest BCUT2D eigenvalue weighted by atomic mass is 35.5. The molecule has 1 unspecified atom stereocenters. The first-order chi connectivity index (χ1) is 15.1. The zero-order valence-electron chi connectivity index (χ0n) is 16.9. The van der Waals surface area contributed by atoms with Crippen LogP contribution >= 0.6 is 23.2 Å². The Labute approximate surface area is 192 Å². The van der Waals surface area contributed by atoms with Crippen molar-refractivity contribution in [3.63, 3.8) is 0 Å². The number of amides is 1. The first-order valence-corrected chi connectivity index (χ1v) is 10.6. The first-order valence-electron chi connectivity index (χ1n) is 9.87. The molecule has 0 saturated carbocycles. The standard InChI is InChI=1S/C22H19Cl2F3N2O3/c1-12-6-13(2-3-18(12)20(30)28-17-4-5-31-11-17)19-10-21(32-29-19,22(25,26)27)14-7-15(23)9-16(24)8-14/h2-3,6-9,17H,4-5,10-11H2,1H3,(H,28,30)/t17-,21?/m1/s1. The lowest BCUT2D eigenvalue weighted by Crippen LogP contribution is -2.42. The van der Waals surface area contributed by atoms with E-state index in [-0.39, 0.29) is 33.3 Å². The van der Waals surface area contributed by atoms with Gasteiger partial charge in [-0.2, -0.15) is 13.2 Å². The predicted octanol–water partition coefficient (Wildman–Crippen LogP) is 5.40. The smallest absolute Gasteiger partial charge is 0.379 e. The van der Waals surface area contributed by atoms with E-state index < -0.39 is 18.2 Å². The van der Waals surface area contributed by atoms with Crippen LogP contribution in [-0.4, -0.2) is 37.1 Å². The summed E-state index contributed by atoms with van der Waals surface area (Å²) in [6, 6.07) is 8.40. The summed E-state index contributed by atoms with van der Waals surface area (Å²) >= 11 is 11.9. The number of carbonyl (C=O) groups is 1. The molecule has 2 aliphatic heterocycles. The Morgan fingerprint density at radius 1 is 1.19 bits per heavy atom. The third-order valence-electron chi connectivity index (χ3n) is 5.58. The van der Waals surface area contributed by atoms with Crippen LogP contribution < -0.4 is 5.32 Å². The summed E-state index contributed by atoms with van der Waals surface area (Å²) in [4.78, 5) is 17.6. The van der Waals surface area contributed by atoms with Gasteiger partial charge >= 0.3 is 6.18 Å². The molecular formula is C22H19Cl2F3N2O3. The quantitative estimate of drug-likeness (QED) is 0.628. The second-order valence-electron chi connectivity index (χ2n) is 7.85. The van der Waals surface area contributed by atoms with Gasteiger partial charge in [0, 0.05) is 34.2 Å². The molecule has 2 atom stereocenters. The number of ether oxygens (including phenoxy) is 1. The van der Waals surface area contributed by atoms with Gasteiger partial charge in [-0.25, -0.2) is 0 Å². The molecule has 1 N–H and O–H groups in total. The number of halogens is 5. The molecule has 0 aliphatic carbocycles.